The van der Waals surface area contributed by atoms with Gasteiger partial charge in [0.05, 0.1) is 25.4 Å². The van der Waals surface area contributed by atoms with E-state index in [4.69, 9.17) is 26.7 Å². The van der Waals surface area contributed by atoms with E-state index in [1.165, 1.54) is 49.5 Å². The lowest BCUT2D eigenvalue weighted by molar-refractivity contribution is -0.00454. The van der Waals surface area contributed by atoms with Crippen LogP contribution in [0.5, 0.6) is 11.5 Å². The van der Waals surface area contributed by atoms with Crippen LogP contribution in [0.4, 0.5) is 5.69 Å². The molecule has 4 bridgehead atoms. The number of methoxy groups -OCH3 is 2. The molecule has 8 heteroatoms. The number of carbonyl (C=O) groups is 1. The van der Waals surface area contributed by atoms with Gasteiger partial charge in [0.15, 0.2) is 5.11 Å². The standard InChI is InChI=1S/C29H32N4O3S/c1-35-20-7-8-26(36-2)24(12-20)31-28(37)33-32-27(34)25-13-22(21-5-3-4-6-23(21)30-25)29-14-17-9-18(15-29)11-19(10-17)16-29/h3-8,12-13,17-19H,9-11,14-16H2,1-2H3,(H,32,34)(H2,31,33,37). The Morgan fingerprint density at radius 2 is 1.65 bits per heavy atom. The zero-order valence-electron chi connectivity index (χ0n) is 21.2. The monoisotopic (exact) mass is 516 g/mol. The van der Waals surface area contributed by atoms with Crippen LogP contribution in [0.3, 0.4) is 0 Å². The summed E-state index contributed by atoms with van der Waals surface area (Å²) in [6, 6.07) is 15.6. The van der Waals surface area contributed by atoms with Crippen molar-refractivity contribution in [2.45, 2.75) is 43.9 Å². The van der Waals surface area contributed by atoms with Crippen LogP contribution in [0, 0.1) is 17.8 Å². The molecule has 0 aliphatic heterocycles. The number of nitrogens with zero attached hydrogens (tertiary/aromatic N) is 1. The highest BCUT2D eigenvalue weighted by atomic mass is 32.1. The van der Waals surface area contributed by atoms with Crippen molar-refractivity contribution in [3.05, 3.63) is 59.8 Å². The molecular formula is C29H32N4O3S. The average molecular weight is 517 g/mol. The minimum absolute atomic E-state index is 0.152. The average Bonchev–Trinajstić information content (AvgIpc) is 2.90. The highest BCUT2D eigenvalue weighted by Crippen LogP contribution is 2.61. The van der Waals surface area contributed by atoms with Gasteiger partial charge in [0.25, 0.3) is 5.91 Å². The number of rotatable bonds is 5. The summed E-state index contributed by atoms with van der Waals surface area (Å²) in [5.41, 5.74) is 8.87. The number of ether oxygens (including phenoxy) is 2. The molecule has 192 valence electrons. The lowest BCUT2D eigenvalue weighted by atomic mass is 9.48. The van der Waals surface area contributed by atoms with Gasteiger partial charge in [-0.2, -0.15) is 0 Å². The van der Waals surface area contributed by atoms with E-state index in [2.05, 4.69) is 28.3 Å². The van der Waals surface area contributed by atoms with Crippen molar-refractivity contribution in [1.82, 2.24) is 15.8 Å². The second-order valence-corrected chi connectivity index (χ2v) is 11.3. The summed E-state index contributed by atoms with van der Waals surface area (Å²) in [5.74, 6) is 3.39. The van der Waals surface area contributed by atoms with Crippen LogP contribution >= 0.6 is 12.2 Å². The molecule has 2 aromatic carbocycles. The Morgan fingerprint density at radius 3 is 2.32 bits per heavy atom. The lowest BCUT2D eigenvalue weighted by Crippen LogP contribution is -2.49. The van der Waals surface area contributed by atoms with Crippen LogP contribution in [0.25, 0.3) is 10.9 Å². The van der Waals surface area contributed by atoms with Crippen molar-refractivity contribution < 1.29 is 14.3 Å². The summed E-state index contributed by atoms with van der Waals surface area (Å²) in [4.78, 5) is 18.0. The van der Waals surface area contributed by atoms with Crippen molar-refractivity contribution in [3.8, 4) is 11.5 Å². The van der Waals surface area contributed by atoms with E-state index in [9.17, 15) is 4.79 Å². The number of amides is 1. The van der Waals surface area contributed by atoms with Crippen LogP contribution in [-0.4, -0.2) is 30.2 Å². The highest BCUT2D eigenvalue weighted by Gasteiger charge is 2.52. The maximum atomic E-state index is 13.3. The first-order chi connectivity index (χ1) is 18.0. The molecule has 1 heterocycles. The molecule has 1 amide bonds. The second kappa shape index (κ2) is 9.49. The SMILES string of the molecule is COc1ccc(OC)c(NC(=S)NNC(=O)c2cc(C34CC5CC(CC(C5)C3)C4)c3ccccc3n2)c1. The number of hydrogen-bond donors (Lipinski definition) is 3. The van der Waals surface area contributed by atoms with E-state index in [0.29, 0.717) is 22.9 Å². The van der Waals surface area contributed by atoms with Gasteiger partial charge in [0.2, 0.25) is 0 Å². The fraction of sp³-hybridized carbons (Fsp3) is 0.414. The first-order valence-electron chi connectivity index (χ1n) is 13.0. The number of carbonyl (C=O) groups excluding carboxylic acids is 1. The number of benzene rings is 2. The molecule has 7 rings (SSSR count). The number of pyridine rings is 1. The van der Waals surface area contributed by atoms with Crippen LogP contribution in [-0.2, 0) is 5.41 Å². The van der Waals surface area contributed by atoms with Gasteiger partial charge in [-0.3, -0.25) is 15.6 Å². The number of hydrazine groups is 1. The van der Waals surface area contributed by atoms with E-state index < -0.39 is 0 Å². The number of thiocarbonyl (C=S) groups is 1. The predicted octanol–water partition coefficient (Wildman–Crippen LogP) is 5.35. The van der Waals surface area contributed by atoms with Crippen LogP contribution < -0.4 is 25.6 Å². The lowest BCUT2D eigenvalue weighted by Gasteiger charge is -2.57. The normalized spacial score (nSPS) is 25.5. The van der Waals surface area contributed by atoms with Gasteiger partial charge in [0, 0.05) is 11.5 Å². The third-order valence-electron chi connectivity index (χ3n) is 8.50. The zero-order chi connectivity index (χ0) is 25.6. The molecule has 0 unspecified atom stereocenters. The Hall–Kier alpha value is -3.39. The van der Waals surface area contributed by atoms with E-state index in [1.807, 2.05) is 18.2 Å². The van der Waals surface area contributed by atoms with Crippen LogP contribution in [0.1, 0.15) is 54.6 Å². The van der Waals surface area contributed by atoms with E-state index >= 15 is 0 Å². The second-order valence-electron chi connectivity index (χ2n) is 10.9. The van der Waals surface area contributed by atoms with Gasteiger partial charge >= 0.3 is 0 Å². The van der Waals surface area contributed by atoms with Crippen molar-refractivity contribution in [2.75, 3.05) is 19.5 Å². The quantitative estimate of drug-likeness (QED) is 0.311. The number of fused-ring (bicyclic) bond motifs is 1. The topological polar surface area (TPSA) is 84.5 Å². The third-order valence-corrected chi connectivity index (χ3v) is 8.71. The molecule has 0 saturated heterocycles. The Balaban J connectivity index is 1.23. The van der Waals surface area contributed by atoms with Crippen LogP contribution in [0.15, 0.2) is 48.5 Å². The molecule has 0 radical (unpaired) electrons. The largest absolute Gasteiger partial charge is 0.497 e. The minimum atomic E-state index is -0.321. The van der Waals surface area contributed by atoms with Gasteiger partial charge < -0.3 is 14.8 Å². The Bertz CT molecular complexity index is 1340. The first kappa shape index (κ1) is 24.0. The summed E-state index contributed by atoms with van der Waals surface area (Å²) in [7, 11) is 3.18. The van der Waals surface area contributed by atoms with Gasteiger partial charge in [0.1, 0.15) is 17.2 Å². The Kier molecular flexibility index (Phi) is 6.15. The summed E-state index contributed by atoms with van der Waals surface area (Å²) < 4.78 is 10.7. The minimum Gasteiger partial charge on any atom is -0.497 e. The molecule has 4 aliphatic carbocycles. The summed E-state index contributed by atoms with van der Waals surface area (Å²) in [6.07, 6.45) is 7.81. The molecule has 1 aromatic heterocycles. The Morgan fingerprint density at radius 1 is 0.946 bits per heavy atom. The molecule has 37 heavy (non-hydrogen) atoms. The number of aromatic nitrogens is 1. The first-order valence-corrected chi connectivity index (χ1v) is 13.4. The third kappa shape index (κ3) is 4.48. The summed E-state index contributed by atoms with van der Waals surface area (Å²) >= 11 is 5.42. The van der Waals surface area contributed by atoms with Crippen LogP contribution in [0.2, 0.25) is 0 Å². The maximum absolute atomic E-state index is 13.3. The molecule has 0 spiro atoms. The highest BCUT2D eigenvalue weighted by molar-refractivity contribution is 7.80. The van der Waals surface area contributed by atoms with Gasteiger partial charge in [-0.1, -0.05) is 18.2 Å². The molecule has 4 aliphatic rings. The van der Waals surface area contributed by atoms with Gasteiger partial charge in [-0.15, -0.1) is 0 Å². The zero-order valence-corrected chi connectivity index (χ0v) is 22.0. The molecule has 0 atom stereocenters. The molecule has 3 N–H and O–H groups in total. The van der Waals surface area contributed by atoms with E-state index in [-0.39, 0.29) is 16.4 Å². The molecule has 4 fully saturated rings. The van der Waals surface area contributed by atoms with E-state index in [1.54, 1.807) is 32.4 Å². The number of anilines is 1. The molecule has 3 aromatic rings. The predicted molar refractivity (Wildman–Crippen MR) is 148 cm³/mol. The number of nitrogens with one attached hydrogen (secondary N) is 3. The maximum Gasteiger partial charge on any atom is 0.288 e. The summed E-state index contributed by atoms with van der Waals surface area (Å²) in [6.45, 7) is 0. The van der Waals surface area contributed by atoms with E-state index in [0.717, 1.165) is 23.3 Å². The van der Waals surface area contributed by atoms with Crippen molar-refractivity contribution in [2.24, 2.45) is 17.8 Å². The molecular weight excluding hydrogens is 484 g/mol. The molecule has 4 saturated carbocycles. The van der Waals surface area contributed by atoms with Gasteiger partial charge in [-0.05, 0) is 104 Å². The number of hydrogen-bond acceptors (Lipinski definition) is 5. The number of para-hydroxylation sites is 1. The summed E-state index contributed by atoms with van der Waals surface area (Å²) in [5, 5.41) is 4.45. The van der Waals surface area contributed by atoms with Crippen molar-refractivity contribution >= 4 is 39.8 Å². The van der Waals surface area contributed by atoms with Crippen molar-refractivity contribution in [1.29, 1.82) is 0 Å². The van der Waals surface area contributed by atoms with Crippen molar-refractivity contribution in [3.63, 3.8) is 0 Å². The molecule has 7 nitrogen and oxygen atoms in total. The fourth-order valence-electron chi connectivity index (χ4n) is 7.41. The van der Waals surface area contributed by atoms with Gasteiger partial charge in [-0.25, -0.2) is 4.98 Å². The fourth-order valence-corrected chi connectivity index (χ4v) is 7.57. The smallest absolute Gasteiger partial charge is 0.288 e. The Labute approximate surface area is 222 Å².